The van der Waals surface area contributed by atoms with E-state index in [9.17, 15) is 13.6 Å². The molecule has 1 aromatic heterocycles. The van der Waals surface area contributed by atoms with E-state index in [0.29, 0.717) is 11.7 Å². The zero-order valence-electron chi connectivity index (χ0n) is 15.3. The Morgan fingerprint density at radius 1 is 1.25 bits per heavy atom. The minimum atomic E-state index is -3.68. The zero-order valence-corrected chi connectivity index (χ0v) is 16.1. The Hall–Kier alpha value is -2.36. The van der Waals surface area contributed by atoms with Gasteiger partial charge in [-0.25, -0.2) is 0 Å². The second-order valence-corrected chi connectivity index (χ2v) is 7.80. The fourth-order valence-corrected chi connectivity index (χ4v) is 4.41. The van der Waals surface area contributed by atoms with E-state index in [1.807, 2.05) is 6.92 Å². The third-order valence-electron chi connectivity index (χ3n) is 4.79. The van der Waals surface area contributed by atoms with Crippen molar-refractivity contribution in [3.63, 3.8) is 0 Å². The molecule has 1 amide bonds. The number of nitrogens with zero attached hydrogens (tertiary/aromatic N) is 3. The molecule has 28 heavy (non-hydrogen) atoms. The molecule has 2 heterocycles. The van der Waals surface area contributed by atoms with Crippen molar-refractivity contribution < 1.29 is 23.0 Å². The molecular weight excluding hydrogens is 390 g/mol. The van der Waals surface area contributed by atoms with Gasteiger partial charge < -0.3 is 19.4 Å². The molecule has 0 saturated heterocycles. The van der Waals surface area contributed by atoms with Gasteiger partial charge >= 0.3 is 6.29 Å². The first-order chi connectivity index (χ1) is 13.4. The standard InChI is InChI=1S/C18H20F2N4O3S/c1-11-22-23-17(24(11)13-5-3-2-4-6-13)28-10-16(25)21-12-7-8-14-15(9-12)27-18(19,20)26-14/h7-9,13H,2-6,10H2,1H3,(H,21,25). The van der Waals surface area contributed by atoms with Gasteiger partial charge in [-0.05, 0) is 31.9 Å². The molecule has 0 atom stereocenters. The minimum absolute atomic E-state index is 0.0616. The predicted octanol–water partition coefficient (Wildman–Crippen LogP) is 4.14. The average molecular weight is 410 g/mol. The lowest BCUT2D eigenvalue weighted by Gasteiger charge is -2.24. The maximum absolute atomic E-state index is 13.1. The van der Waals surface area contributed by atoms with Gasteiger partial charge in [0.05, 0.1) is 5.75 Å². The number of alkyl halides is 2. The summed E-state index contributed by atoms with van der Waals surface area (Å²) in [6.07, 6.45) is 2.15. The molecule has 1 N–H and O–H groups in total. The summed E-state index contributed by atoms with van der Waals surface area (Å²) in [6, 6.07) is 4.51. The number of nitrogens with one attached hydrogen (secondary N) is 1. The van der Waals surface area contributed by atoms with Gasteiger partial charge in [-0.2, -0.15) is 0 Å². The lowest BCUT2D eigenvalue weighted by molar-refractivity contribution is -0.286. The summed E-state index contributed by atoms with van der Waals surface area (Å²) in [4.78, 5) is 12.3. The van der Waals surface area contributed by atoms with Crippen LogP contribution in [0.1, 0.15) is 44.0 Å². The SMILES string of the molecule is Cc1nnc(SCC(=O)Nc2ccc3c(c2)OC(F)(F)O3)n1C1CCCCC1. The first-order valence-corrected chi connectivity index (χ1v) is 10.1. The molecular formula is C18H20F2N4O3S. The van der Waals surface area contributed by atoms with Gasteiger partial charge in [-0.15, -0.1) is 19.0 Å². The highest BCUT2D eigenvalue weighted by Gasteiger charge is 2.43. The second-order valence-electron chi connectivity index (χ2n) is 6.86. The van der Waals surface area contributed by atoms with Crippen LogP contribution in [-0.4, -0.2) is 32.7 Å². The molecule has 0 spiro atoms. The largest absolute Gasteiger partial charge is 0.586 e. The van der Waals surface area contributed by atoms with Crippen LogP contribution < -0.4 is 14.8 Å². The number of benzene rings is 1. The summed E-state index contributed by atoms with van der Waals surface area (Å²) < 4.78 is 37.0. The van der Waals surface area contributed by atoms with Crippen LogP contribution in [0.15, 0.2) is 23.4 Å². The van der Waals surface area contributed by atoms with Crippen LogP contribution in [0.4, 0.5) is 14.5 Å². The Balaban J connectivity index is 1.37. The number of thioether (sulfide) groups is 1. The highest BCUT2D eigenvalue weighted by atomic mass is 32.2. The number of rotatable bonds is 5. The summed E-state index contributed by atoms with van der Waals surface area (Å²) in [5, 5.41) is 11.8. The molecule has 1 aromatic carbocycles. The lowest BCUT2D eigenvalue weighted by atomic mass is 9.95. The molecule has 4 rings (SSSR count). The number of carbonyl (C=O) groups is 1. The van der Waals surface area contributed by atoms with Crippen molar-refractivity contribution in [3.05, 3.63) is 24.0 Å². The van der Waals surface area contributed by atoms with Gasteiger partial charge in [0.2, 0.25) is 5.91 Å². The maximum Gasteiger partial charge on any atom is 0.586 e. The number of anilines is 1. The molecule has 2 aromatic rings. The number of aryl methyl sites for hydroxylation is 1. The van der Waals surface area contributed by atoms with E-state index >= 15 is 0 Å². The van der Waals surface area contributed by atoms with Gasteiger partial charge in [-0.3, -0.25) is 4.79 Å². The van der Waals surface area contributed by atoms with Gasteiger partial charge in [0.15, 0.2) is 16.7 Å². The third-order valence-corrected chi connectivity index (χ3v) is 5.74. The summed E-state index contributed by atoms with van der Waals surface area (Å²) in [5.74, 6) is 0.546. The Morgan fingerprint density at radius 2 is 2.00 bits per heavy atom. The van der Waals surface area contributed by atoms with Crippen molar-refractivity contribution in [1.82, 2.24) is 14.8 Å². The normalized spacial score (nSPS) is 18.2. The van der Waals surface area contributed by atoms with Gasteiger partial charge in [-0.1, -0.05) is 31.0 Å². The Labute approximate surface area is 164 Å². The first kappa shape index (κ1) is 19.0. The lowest BCUT2D eigenvalue weighted by Crippen LogP contribution is -2.25. The second kappa shape index (κ2) is 7.57. The average Bonchev–Trinajstić information content (AvgIpc) is 3.18. The van der Waals surface area contributed by atoms with Crippen molar-refractivity contribution in [3.8, 4) is 11.5 Å². The van der Waals surface area contributed by atoms with Crippen LogP contribution in [0.3, 0.4) is 0 Å². The van der Waals surface area contributed by atoms with E-state index < -0.39 is 6.29 Å². The van der Waals surface area contributed by atoms with Crippen molar-refractivity contribution in [2.75, 3.05) is 11.1 Å². The van der Waals surface area contributed by atoms with Crippen LogP contribution in [0, 0.1) is 6.92 Å². The topological polar surface area (TPSA) is 78.3 Å². The molecule has 2 aliphatic rings. The first-order valence-electron chi connectivity index (χ1n) is 9.15. The Morgan fingerprint density at radius 3 is 2.79 bits per heavy atom. The van der Waals surface area contributed by atoms with Crippen molar-refractivity contribution in [2.24, 2.45) is 0 Å². The van der Waals surface area contributed by atoms with E-state index in [-0.39, 0.29) is 23.2 Å². The third kappa shape index (κ3) is 4.06. The fraction of sp³-hybridized carbons (Fsp3) is 0.500. The smallest absolute Gasteiger partial charge is 0.395 e. The number of halogens is 2. The van der Waals surface area contributed by atoms with E-state index in [0.717, 1.165) is 23.8 Å². The Kier molecular flexibility index (Phi) is 5.13. The molecule has 1 fully saturated rings. The molecule has 7 nitrogen and oxygen atoms in total. The van der Waals surface area contributed by atoms with Crippen molar-refractivity contribution >= 4 is 23.4 Å². The van der Waals surface area contributed by atoms with Gasteiger partial charge in [0.25, 0.3) is 0 Å². The summed E-state index contributed by atoms with van der Waals surface area (Å²) >= 11 is 1.32. The minimum Gasteiger partial charge on any atom is -0.395 e. The van der Waals surface area contributed by atoms with Crippen molar-refractivity contribution in [2.45, 2.75) is 56.5 Å². The van der Waals surface area contributed by atoms with E-state index in [2.05, 4.69) is 29.6 Å². The zero-order chi connectivity index (χ0) is 19.7. The van der Waals surface area contributed by atoms with Crippen LogP contribution >= 0.6 is 11.8 Å². The molecule has 0 radical (unpaired) electrons. The van der Waals surface area contributed by atoms with E-state index in [4.69, 9.17) is 0 Å². The molecule has 10 heteroatoms. The quantitative estimate of drug-likeness (QED) is 0.747. The van der Waals surface area contributed by atoms with Gasteiger partial charge in [0.1, 0.15) is 5.82 Å². The highest BCUT2D eigenvalue weighted by molar-refractivity contribution is 7.99. The molecule has 0 unspecified atom stereocenters. The maximum atomic E-state index is 13.1. The van der Waals surface area contributed by atoms with Crippen LogP contribution in [0.25, 0.3) is 0 Å². The number of ether oxygens (including phenoxy) is 2. The predicted molar refractivity (Wildman–Crippen MR) is 98.9 cm³/mol. The molecule has 1 saturated carbocycles. The molecule has 0 bridgehead atoms. The van der Waals surface area contributed by atoms with Crippen molar-refractivity contribution in [1.29, 1.82) is 0 Å². The number of hydrogen-bond acceptors (Lipinski definition) is 6. The summed E-state index contributed by atoms with van der Waals surface area (Å²) in [5.41, 5.74) is 0.357. The fourth-order valence-electron chi connectivity index (χ4n) is 3.56. The van der Waals surface area contributed by atoms with E-state index in [1.54, 1.807) is 0 Å². The van der Waals surface area contributed by atoms with Crippen LogP contribution in [0.5, 0.6) is 11.5 Å². The Bertz CT molecular complexity index is 884. The molecule has 1 aliphatic heterocycles. The number of carbonyl (C=O) groups excluding carboxylic acids is 1. The monoisotopic (exact) mass is 410 g/mol. The number of aromatic nitrogens is 3. The highest BCUT2D eigenvalue weighted by Crippen LogP contribution is 2.42. The van der Waals surface area contributed by atoms with Crippen LogP contribution in [-0.2, 0) is 4.79 Å². The van der Waals surface area contributed by atoms with Crippen LogP contribution in [0.2, 0.25) is 0 Å². The molecule has 150 valence electrons. The molecule has 1 aliphatic carbocycles. The summed E-state index contributed by atoms with van der Waals surface area (Å²) in [6.45, 7) is 1.92. The van der Waals surface area contributed by atoms with Gasteiger partial charge in [0, 0.05) is 17.8 Å². The van der Waals surface area contributed by atoms with E-state index in [1.165, 1.54) is 49.2 Å². The number of hydrogen-bond donors (Lipinski definition) is 1. The number of fused-ring (bicyclic) bond motifs is 1. The number of amides is 1. The summed E-state index contributed by atoms with van der Waals surface area (Å²) in [7, 11) is 0.